The number of carbonyl (C=O) groups excluding carboxylic acids is 3. The van der Waals surface area contributed by atoms with Crippen LogP contribution in [0.1, 0.15) is 32.3 Å². The number of esters is 2. The number of hydrogen-bond acceptors (Lipinski definition) is 5. The van der Waals surface area contributed by atoms with Crippen LogP contribution in [-0.4, -0.2) is 37.6 Å². The molecule has 1 aromatic carbocycles. The Bertz CT molecular complexity index is 595. The third-order valence-corrected chi connectivity index (χ3v) is 3.83. The van der Waals surface area contributed by atoms with Gasteiger partial charge in [-0.05, 0) is 32.4 Å². The van der Waals surface area contributed by atoms with Crippen LogP contribution < -0.4 is 4.90 Å². The van der Waals surface area contributed by atoms with Crippen molar-refractivity contribution in [2.24, 2.45) is 5.92 Å². The second kappa shape index (κ2) is 7.26. The van der Waals surface area contributed by atoms with Gasteiger partial charge in [0.15, 0.2) is 5.92 Å². The minimum atomic E-state index is -1.28. The fourth-order valence-corrected chi connectivity index (χ4v) is 2.90. The van der Waals surface area contributed by atoms with Crippen LogP contribution in [0.5, 0.6) is 0 Å². The molecule has 0 N–H and O–H groups in total. The minimum absolute atomic E-state index is 0.134. The van der Waals surface area contributed by atoms with Crippen molar-refractivity contribution in [3.8, 4) is 0 Å². The summed E-state index contributed by atoms with van der Waals surface area (Å²) < 4.78 is 10.0. The molecule has 0 saturated heterocycles. The number of carbonyl (C=O) groups is 3. The molecule has 6 heteroatoms. The van der Waals surface area contributed by atoms with E-state index in [9.17, 15) is 14.4 Å². The number of rotatable bonds is 6. The molecule has 0 spiro atoms. The molecule has 6 nitrogen and oxygen atoms in total. The van der Waals surface area contributed by atoms with Gasteiger partial charge in [-0.15, -0.1) is 0 Å². The highest BCUT2D eigenvalue weighted by Crippen LogP contribution is 2.42. The number of anilines is 1. The van der Waals surface area contributed by atoms with Crippen LogP contribution >= 0.6 is 0 Å². The SMILES string of the molecule is CCOC(=O)C(C(=O)OCC)C1C(=O)N(CC)c2ccccc21. The highest BCUT2D eigenvalue weighted by atomic mass is 16.6. The van der Waals surface area contributed by atoms with E-state index in [0.29, 0.717) is 12.1 Å². The van der Waals surface area contributed by atoms with E-state index >= 15 is 0 Å². The van der Waals surface area contributed by atoms with Gasteiger partial charge >= 0.3 is 11.9 Å². The van der Waals surface area contributed by atoms with Crippen molar-refractivity contribution < 1.29 is 23.9 Å². The van der Waals surface area contributed by atoms with E-state index in [1.54, 1.807) is 30.9 Å². The smallest absolute Gasteiger partial charge is 0.321 e. The van der Waals surface area contributed by atoms with Crippen molar-refractivity contribution in [1.82, 2.24) is 0 Å². The van der Waals surface area contributed by atoms with Gasteiger partial charge in [0, 0.05) is 12.2 Å². The van der Waals surface area contributed by atoms with Crippen molar-refractivity contribution in [3.05, 3.63) is 29.8 Å². The van der Waals surface area contributed by atoms with Gasteiger partial charge in [-0.2, -0.15) is 0 Å². The fraction of sp³-hybridized carbons (Fsp3) is 0.471. The van der Waals surface area contributed by atoms with Crippen molar-refractivity contribution in [2.45, 2.75) is 26.7 Å². The standard InChI is InChI=1S/C17H21NO5/c1-4-18-12-10-8-7-9-11(12)13(15(18)19)14(16(20)22-5-2)17(21)23-6-3/h7-10,13-14H,4-6H2,1-3H3. The van der Waals surface area contributed by atoms with Crippen LogP contribution in [-0.2, 0) is 23.9 Å². The normalized spacial score (nSPS) is 16.4. The second-order valence-electron chi connectivity index (χ2n) is 5.10. The largest absolute Gasteiger partial charge is 0.465 e. The summed E-state index contributed by atoms with van der Waals surface area (Å²) in [4.78, 5) is 38.9. The highest BCUT2D eigenvalue weighted by Gasteiger charge is 2.48. The lowest BCUT2D eigenvalue weighted by atomic mass is 9.87. The Kier molecular flexibility index (Phi) is 5.36. The number of benzene rings is 1. The van der Waals surface area contributed by atoms with E-state index < -0.39 is 23.8 Å². The Morgan fingerprint density at radius 2 is 1.65 bits per heavy atom. The van der Waals surface area contributed by atoms with Crippen molar-refractivity contribution in [3.63, 3.8) is 0 Å². The molecule has 1 unspecified atom stereocenters. The maximum absolute atomic E-state index is 12.8. The van der Waals surface area contributed by atoms with Crippen molar-refractivity contribution in [1.29, 1.82) is 0 Å². The summed E-state index contributed by atoms with van der Waals surface area (Å²) in [5.74, 6) is -3.90. The van der Waals surface area contributed by atoms with Gasteiger partial charge in [-0.3, -0.25) is 14.4 Å². The molecule has 0 saturated carbocycles. The first-order chi connectivity index (χ1) is 11.1. The molecule has 1 heterocycles. The zero-order valence-electron chi connectivity index (χ0n) is 13.6. The van der Waals surface area contributed by atoms with Gasteiger partial charge in [-0.25, -0.2) is 0 Å². The molecular formula is C17H21NO5. The molecule has 0 aliphatic carbocycles. The molecule has 124 valence electrons. The predicted molar refractivity (Wildman–Crippen MR) is 84.0 cm³/mol. The monoisotopic (exact) mass is 319 g/mol. The lowest BCUT2D eigenvalue weighted by Gasteiger charge is -2.20. The maximum atomic E-state index is 12.8. The van der Waals surface area contributed by atoms with Crippen molar-refractivity contribution >= 4 is 23.5 Å². The van der Waals surface area contributed by atoms with E-state index in [0.717, 1.165) is 5.69 Å². The van der Waals surface area contributed by atoms with Crippen LogP contribution in [0, 0.1) is 5.92 Å². The van der Waals surface area contributed by atoms with Crippen LogP contribution in [0.15, 0.2) is 24.3 Å². The molecular weight excluding hydrogens is 298 g/mol. The number of amides is 1. The zero-order chi connectivity index (χ0) is 17.0. The summed E-state index contributed by atoms with van der Waals surface area (Å²) in [6, 6.07) is 7.18. The molecule has 1 atom stereocenters. The van der Waals surface area contributed by atoms with Crippen LogP contribution in [0.25, 0.3) is 0 Å². The Hall–Kier alpha value is -2.37. The Morgan fingerprint density at radius 1 is 1.09 bits per heavy atom. The van der Waals surface area contributed by atoms with Gasteiger partial charge in [-0.1, -0.05) is 18.2 Å². The Labute approximate surface area is 135 Å². The molecule has 0 aromatic heterocycles. The average Bonchev–Trinajstić information content (AvgIpc) is 2.80. The maximum Gasteiger partial charge on any atom is 0.321 e. The second-order valence-corrected chi connectivity index (χ2v) is 5.10. The summed E-state index contributed by atoms with van der Waals surface area (Å²) in [7, 11) is 0. The number of fused-ring (bicyclic) bond motifs is 1. The number of hydrogen-bond donors (Lipinski definition) is 0. The molecule has 23 heavy (non-hydrogen) atoms. The molecule has 1 aliphatic heterocycles. The quantitative estimate of drug-likeness (QED) is 0.591. The number of nitrogens with zero attached hydrogens (tertiary/aromatic N) is 1. The summed E-state index contributed by atoms with van der Waals surface area (Å²) in [5.41, 5.74) is 1.38. The molecule has 2 rings (SSSR count). The predicted octanol–water partition coefficient (Wildman–Crippen LogP) is 1.88. The molecule has 1 amide bonds. The van der Waals surface area contributed by atoms with Gasteiger partial charge < -0.3 is 14.4 Å². The van der Waals surface area contributed by atoms with E-state index in [1.165, 1.54) is 0 Å². The third-order valence-electron chi connectivity index (χ3n) is 3.83. The summed E-state index contributed by atoms with van der Waals surface area (Å²) in [5, 5.41) is 0. The lowest BCUT2D eigenvalue weighted by Crippen LogP contribution is -2.39. The number of para-hydroxylation sites is 1. The Balaban J connectivity index is 2.47. The van der Waals surface area contributed by atoms with E-state index in [1.807, 2.05) is 19.1 Å². The third kappa shape index (κ3) is 3.06. The van der Waals surface area contributed by atoms with Crippen LogP contribution in [0.4, 0.5) is 5.69 Å². The summed E-state index contributed by atoms with van der Waals surface area (Å²) >= 11 is 0. The topological polar surface area (TPSA) is 72.9 Å². The van der Waals surface area contributed by atoms with Gasteiger partial charge in [0.2, 0.25) is 5.91 Å². The molecule has 0 bridgehead atoms. The van der Waals surface area contributed by atoms with Gasteiger partial charge in [0.25, 0.3) is 0 Å². The van der Waals surface area contributed by atoms with E-state index in [-0.39, 0.29) is 19.1 Å². The molecule has 1 aliphatic rings. The first kappa shape index (κ1) is 17.0. The van der Waals surface area contributed by atoms with Crippen LogP contribution in [0.3, 0.4) is 0 Å². The average molecular weight is 319 g/mol. The minimum Gasteiger partial charge on any atom is -0.465 e. The first-order valence-electron chi connectivity index (χ1n) is 7.80. The molecule has 0 radical (unpaired) electrons. The lowest BCUT2D eigenvalue weighted by molar-refractivity contribution is -0.164. The van der Waals surface area contributed by atoms with E-state index in [2.05, 4.69) is 0 Å². The summed E-state index contributed by atoms with van der Waals surface area (Å²) in [6.07, 6.45) is 0. The highest BCUT2D eigenvalue weighted by molar-refractivity contribution is 6.11. The first-order valence-corrected chi connectivity index (χ1v) is 7.80. The summed E-state index contributed by atoms with van der Waals surface area (Å²) in [6.45, 7) is 5.89. The number of ether oxygens (including phenoxy) is 2. The van der Waals surface area contributed by atoms with Crippen molar-refractivity contribution in [2.75, 3.05) is 24.7 Å². The zero-order valence-corrected chi connectivity index (χ0v) is 13.6. The molecule has 1 aromatic rings. The fourth-order valence-electron chi connectivity index (χ4n) is 2.90. The van der Waals surface area contributed by atoms with E-state index in [4.69, 9.17) is 9.47 Å². The van der Waals surface area contributed by atoms with Gasteiger partial charge in [0.05, 0.1) is 19.1 Å². The van der Waals surface area contributed by atoms with Gasteiger partial charge in [0.1, 0.15) is 0 Å². The number of likely N-dealkylation sites (N-methyl/N-ethyl adjacent to an activating group) is 1. The van der Waals surface area contributed by atoms with Crippen LogP contribution in [0.2, 0.25) is 0 Å². The Morgan fingerprint density at radius 3 is 2.17 bits per heavy atom. The molecule has 0 fully saturated rings.